The number of halogens is 2. The molecular formula is C14H8Cl2O4. The van der Waals surface area contributed by atoms with Crippen molar-refractivity contribution in [1.29, 1.82) is 0 Å². The van der Waals surface area contributed by atoms with Crippen LogP contribution in [0.4, 0.5) is 0 Å². The Morgan fingerprint density at radius 3 is 2.15 bits per heavy atom. The lowest BCUT2D eigenvalue weighted by Crippen LogP contribution is -2.05. The minimum atomic E-state index is -1.25. The van der Waals surface area contributed by atoms with E-state index in [1.54, 1.807) is 12.1 Å². The van der Waals surface area contributed by atoms with Crippen LogP contribution < -0.4 is 0 Å². The van der Waals surface area contributed by atoms with Crippen molar-refractivity contribution in [2.45, 2.75) is 0 Å². The van der Waals surface area contributed by atoms with Gasteiger partial charge in [-0.15, -0.1) is 0 Å². The highest BCUT2D eigenvalue weighted by Gasteiger charge is 2.20. The summed E-state index contributed by atoms with van der Waals surface area (Å²) < 4.78 is 0. The molecule has 0 aliphatic rings. The Morgan fingerprint density at radius 2 is 1.55 bits per heavy atom. The summed E-state index contributed by atoms with van der Waals surface area (Å²) in [5.41, 5.74) is 0.230. The van der Waals surface area contributed by atoms with E-state index in [1.165, 1.54) is 24.3 Å². The molecule has 20 heavy (non-hydrogen) atoms. The summed E-state index contributed by atoms with van der Waals surface area (Å²) in [5, 5.41) is 18.6. The molecule has 2 aromatic rings. The number of benzene rings is 2. The molecule has 0 fully saturated rings. The van der Waals surface area contributed by atoms with Crippen LogP contribution in [-0.2, 0) is 0 Å². The summed E-state index contributed by atoms with van der Waals surface area (Å²) in [7, 11) is 0. The number of hydrogen-bond donors (Lipinski definition) is 2. The van der Waals surface area contributed by atoms with Gasteiger partial charge < -0.3 is 10.2 Å². The minimum absolute atomic E-state index is 0.0201. The minimum Gasteiger partial charge on any atom is -0.478 e. The number of aromatic carboxylic acids is 2. The van der Waals surface area contributed by atoms with Gasteiger partial charge in [0.15, 0.2) is 0 Å². The molecule has 0 spiro atoms. The largest absolute Gasteiger partial charge is 0.478 e. The van der Waals surface area contributed by atoms with Crippen LogP contribution >= 0.6 is 23.2 Å². The molecule has 0 radical (unpaired) electrons. The Hall–Kier alpha value is -2.04. The maximum Gasteiger partial charge on any atom is 0.337 e. The molecule has 0 amide bonds. The fourth-order valence-electron chi connectivity index (χ4n) is 1.91. The summed E-state index contributed by atoms with van der Waals surface area (Å²) in [4.78, 5) is 22.6. The number of rotatable bonds is 3. The first-order valence-corrected chi connectivity index (χ1v) is 6.22. The second-order valence-corrected chi connectivity index (χ2v) is 4.81. The molecule has 0 aromatic heterocycles. The van der Waals surface area contributed by atoms with E-state index in [0.29, 0.717) is 0 Å². The molecule has 4 nitrogen and oxygen atoms in total. The van der Waals surface area contributed by atoms with E-state index in [1.807, 2.05) is 0 Å². The van der Waals surface area contributed by atoms with Gasteiger partial charge in [0.1, 0.15) is 0 Å². The van der Waals surface area contributed by atoms with Crippen molar-refractivity contribution in [3.8, 4) is 11.1 Å². The zero-order valence-corrected chi connectivity index (χ0v) is 11.4. The monoisotopic (exact) mass is 310 g/mol. The second-order valence-electron chi connectivity index (χ2n) is 3.97. The van der Waals surface area contributed by atoms with Crippen molar-refractivity contribution >= 4 is 35.1 Å². The summed E-state index contributed by atoms with van der Waals surface area (Å²) in [6.45, 7) is 0. The molecule has 0 heterocycles. The molecule has 102 valence electrons. The summed E-state index contributed by atoms with van der Waals surface area (Å²) in [5.74, 6) is -2.41. The molecule has 6 heteroatoms. The highest BCUT2D eigenvalue weighted by molar-refractivity contribution is 6.37. The molecule has 2 rings (SSSR count). The van der Waals surface area contributed by atoms with Gasteiger partial charge >= 0.3 is 11.9 Å². The van der Waals surface area contributed by atoms with Gasteiger partial charge in [-0.25, -0.2) is 9.59 Å². The topological polar surface area (TPSA) is 74.6 Å². The predicted molar refractivity (Wildman–Crippen MR) is 75.8 cm³/mol. The average Bonchev–Trinajstić information content (AvgIpc) is 2.37. The molecule has 0 aliphatic heterocycles. The van der Waals surface area contributed by atoms with Gasteiger partial charge in [-0.2, -0.15) is 0 Å². The zero-order valence-electron chi connectivity index (χ0n) is 9.93. The van der Waals surface area contributed by atoms with Crippen LogP contribution in [0.2, 0.25) is 10.0 Å². The van der Waals surface area contributed by atoms with Crippen LogP contribution in [-0.4, -0.2) is 22.2 Å². The molecule has 2 aromatic carbocycles. The number of carboxylic acid groups (broad SMARTS) is 2. The van der Waals surface area contributed by atoms with Crippen LogP contribution in [0.3, 0.4) is 0 Å². The fourth-order valence-corrected chi connectivity index (χ4v) is 2.48. The van der Waals surface area contributed by atoms with Crippen LogP contribution in [0.5, 0.6) is 0 Å². The Bertz CT molecular complexity index is 710. The normalized spacial score (nSPS) is 10.3. The molecular weight excluding hydrogens is 303 g/mol. The smallest absolute Gasteiger partial charge is 0.337 e. The lowest BCUT2D eigenvalue weighted by atomic mass is 9.95. The van der Waals surface area contributed by atoms with Gasteiger partial charge in [0.2, 0.25) is 0 Å². The quantitative estimate of drug-likeness (QED) is 0.896. The molecule has 0 saturated heterocycles. The van der Waals surface area contributed by atoms with Gasteiger partial charge in [0.25, 0.3) is 0 Å². The molecule has 2 N–H and O–H groups in total. The van der Waals surface area contributed by atoms with E-state index in [4.69, 9.17) is 23.2 Å². The van der Waals surface area contributed by atoms with Gasteiger partial charge in [0.05, 0.1) is 16.1 Å². The maximum atomic E-state index is 11.3. The summed E-state index contributed by atoms with van der Waals surface area (Å²) in [6.07, 6.45) is 0. The van der Waals surface area contributed by atoms with E-state index < -0.39 is 11.9 Å². The zero-order chi connectivity index (χ0) is 14.9. The van der Waals surface area contributed by atoms with E-state index in [9.17, 15) is 19.8 Å². The summed E-state index contributed by atoms with van der Waals surface area (Å²) >= 11 is 11.8. The first kappa shape index (κ1) is 14.4. The van der Waals surface area contributed by atoms with Crippen molar-refractivity contribution in [2.75, 3.05) is 0 Å². The van der Waals surface area contributed by atoms with Crippen LogP contribution in [0.15, 0.2) is 36.4 Å². The van der Waals surface area contributed by atoms with Crippen LogP contribution in [0.25, 0.3) is 11.1 Å². The highest BCUT2D eigenvalue weighted by atomic mass is 35.5. The maximum absolute atomic E-state index is 11.3. The number of hydrogen-bond acceptors (Lipinski definition) is 2. The van der Waals surface area contributed by atoms with Crippen molar-refractivity contribution in [2.24, 2.45) is 0 Å². The molecule has 0 aliphatic carbocycles. The van der Waals surface area contributed by atoms with Crippen LogP contribution in [0.1, 0.15) is 20.7 Å². The first-order chi connectivity index (χ1) is 9.41. The van der Waals surface area contributed by atoms with Crippen molar-refractivity contribution in [1.82, 2.24) is 0 Å². The number of carboxylic acids is 2. The Morgan fingerprint density at radius 1 is 0.900 bits per heavy atom. The predicted octanol–water partition coefficient (Wildman–Crippen LogP) is 4.06. The van der Waals surface area contributed by atoms with E-state index >= 15 is 0 Å². The average molecular weight is 311 g/mol. The number of carbonyl (C=O) groups is 2. The Labute approximate surface area is 124 Å². The molecule has 0 unspecified atom stereocenters. The fraction of sp³-hybridized carbons (Fsp3) is 0. The van der Waals surface area contributed by atoms with Crippen molar-refractivity contribution in [3.05, 3.63) is 57.6 Å². The van der Waals surface area contributed by atoms with Gasteiger partial charge in [0, 0.05) is 10.6 Å². The van der Waals surface area contributed by atoms with Crippen molar-refractivity contribution in [3.63, 3.8) is 0 Å². The van der Waals surface area contributed by atoms with Crippen molar-refractivity contribution < 1.29 is 19.8 Å². The first-order valence-electron chi connectivity index (χ1n) is 5.47. The second kappa shape index (κ2) is 5.53. The van der Waals surface area contributed by atoms with Gasteiger partial charge in [-0.05, 0) is 23.8 Å². The Kier molecular flexibility index (Phi) is 3.97. The standard InChI is InChI=1S/C14H8Cl2O4/c15-7-5-10(12(14(19)20)11(16)6-7)8-3-1-2-4-9(8)13(17)18/h1-6H,(H,17,18)(H,19,20). The Balaban J connectivity index is 2.82. The van der Waals surface area contributed by atoms with Gasteiger partial charge in [-0.1, -0.05) is 41.4 Å². The third-order valence-electron chi connectivity index (χ3n) is 2.72. The summed E-state index contributed by atoms with van der Waals surface area (Å²) in [6, 6.07) is 8.76. The third kappa shape index (κ3) is 2.61. The molecule has 0 saturated carbocycles. The highest BCUT2D eigenvalue weighted by Crippen LogP contribution is 2.34. The van der Waals surface area contributed by atoms with Crippen LogP contribution in [0, 0.1) is 0 Å². The third-order valence-corrected chi connectivity index (χ3v) is 3.23. The molecule has 0 atom stereocenters. The van der Waals surface area contributed by atoms with E-state index in [-0.39, 0.29) is 32.3 Å². The SMILES string of the molecule is O=C(O)c1ccccc1-c1cc(Cl)cc(Cl)c1C(=O)O. The van der Waals surface area contributed by atoms with E-state index in [0.717, 1.165) is 0 Å². The lowest BCUT2D eigenvalue weighted by Gasteiger charge is -2.11. The van der Waals surface area contributed by atoms with Gasteiger partial charge in [-0.3, -0.25) is 0 Å². The lowest BCUT2D eigenvalue weighted by molar-refractivity contribution is 0.0684. The molecule has 0 bridgehead atoms. The van der Waals surface area contributed by atoms with E-state index in [2.05, 4.69) is 0 Å².